The molecule has 8 heteroatoms. The maximum absolute atomic E-state index is 13.3. The number of hydrogen-bond donors (Lipinski definition) is 3. The number of nitrogens with zero attached hydrogens (tertiary/aromatic N) is 1. The molecule has 0 saturated carbocycles. The van der Waals surface area contributed by atoms with Gasteiger partial charge in [-0.2, -0.15) is 0 Å². The molecule has 1 heterocycles. The molecule has 0 bridgehead atoms. The summed E-state index contributed by atoms with van der Waals surface area (Å²) in [5.41, 5.74) is 5.79. The van der Waals surface area contributed by atoms with Crippen LogP contribution in [0.1, 0.15) is 53.4 Å². The molecule has 206 valence electrons. The molecular formula is C31H36ClN3O3S. The number of aryl methyl sites for hydroxylation is 4. The highest BCUT2D eigenvalue weighted by Gasteiger charge is 2.53. The Hall–Kier alpha value is -3.00. The van der Waals surface area contributed by atoms with E-state index in [-0.39, 0.29) is 24.5 Å². The first-order valence-electron chi connectivity index (χ1n) is 12.9. The van der Waals surface area contributed by atoms with Crippen LogP contribution in [-0.2, 0) is 4.79 Å². The molecule has 3 N–H and O–H groups in total. The second-order valence-electron chi connectivity index (χ2n) is 11.5. The van der Waals surface area contributed by atoms with Crippen molar-refractivity contribution in [3.8, 4) is 11.1 Å². The van der Waals surface area contributed by atoms with Crippen molar-refractivity contribution < 1.29 is 14.7 Å². The van der Waals surface area contributed by atoms with E-state index in [1.807, 2.05) is 84.9 Å². The Morgan fingerprint density at radius 3 is 2.15 bits per heavy atom. The Labute approximate surface area is 240 Å². The minimum atomic E-state index is -1.28. The van der Waals surface area contributed by atoms with Crippen molar-refractivity contribution >= 4 is 41.1 Å². The number of nitrogens with one attached hydrogen (secondary N) is 2. The largest absolute Gasteiger partial charge is 0.479 e. The highest BCUT2D eigenvalue weighted by atomic mass is 35.5. The molecule has 0 radical (unpaired) electrons. The van der Waals surface area contributed by atoms with Gasteiger partial charge in [-0.05, 0) is 118 Å². The average molecular weight is 566 g/mol. The fraction of sp³-hybridized carbons (Fsp3) is 0.355. The lowest BCUT2D eigenvalue weighted by Gasteiger charge is -2.53. The van der Waals surface area contributed by atoms with Crippen LogP contribution in [0.15, 0.2) is 53.4 Å². The van der Waals surface area contributed by atoms with Crippen molar-refractivity contribution in [2.24, 2.45) is 0 Å². The third kappa shape index (κ3) is 6.11. The number of halogens is 1. The molecule has 3 aromatic carbocycles. The number of carboxylic acids is 1. The van der Waals surface area contributed by atoms with Gasteiger partial charge in [-0.15, -0.1) is 0 Å². The summed E-state index contributed by atoms with van der Waals surface area (Å²) in [5.74, 6) is -1.36. The lowest BCUT2D eigenvalue weighted by Crippen LogP contribution is -2.77. The summed E-state index contributed by atoms with van der Waals surface area (Å²) in [6.07, 6.45) is 0. The fourth-order valence-electron chi connectivity index (χ4n) is 4.86. The highest BCUT2D eigenvalue weighted by molar-refractivity contribution is 8.00. The van der Waals surface area contributed by atoms with Gasteiger partial charge in [0.15, 0.2) is 5.54 Å². The Morgan fingerprint density at radius 2 is 1.56 bits per heavy atom. The second-order valence-corrected chi connectivity index (χ2v) is 12.8. The summed E-state index contributed by atoms with van der Waals surface area (Å²) in [7, 11) is 0. The van der Waals surface area contributed by atoms with Crippen LogP contribution >= 0.6 is 23.5 Å². The molecule has 39 heavy (non-hydrogen) atoms. The summed E-state index contributed by atoms with van der Waals surface area (Å²) in [6.45, 7) is 14.5. The van der Waals surface area contributed by atoms with Crippen LogP contribution in [0.5, 0.6) is 0 Å². The Morgan fingerprint density at radius 1 is 0.923 bits per heavy atom. The summed E-state index contributed by atoms with van der Waals surface area (Å²) < 4.78 is 3.43. The SMILES string of the molecule is Cc1cc(SNc2cccc(-c3cc(C)c(C(=O)NC4(C(=O)O)CN(C(C)(C)C)C4)c(C)c3)c2)c(C)cc1Cl. The topological polar surface area (TPSA) is 81.7 Å². The number of benzene rings is 3. The van der Waals surface area contributed by atoms with Crippen molar-refractivity contribution in [1.82, 2.24) is 10.2 Å². The smallest absolute Gasteiger partial charge is 0.332 e. The van der Waals surface area contributed by atoms with Gasteiger partial charge in [0.25, 0.3) is 5.91 Å². The van der Waals surface area contributed by atoms with Crippen LogP contribution in [0.4, 0.5) is 5.69 Å². The molecule has 0 aromatic heterocycles. The first kappa shape index (κ1) is 29.0. The van der Waals surface area contributed by atoms with Crippen LogP contribution in [0.25, 0.3) is 11.1 Å². The maximum atomic E-state index is 13.3. The van der Waals surface area contributed by atoms with Crippen LogP contribution in [0.3, 0.4) is 0 Å². The van der Waals surface area contributed by atoms with Crippen molar-refractivity contribution in [1.29, 1.82) is 0 Å². The third-order valence-electron chi connectivity index (χ3n) is 7.32. The lowest BCUT2D eigenvalue weighted by atomic mass is 9.84. The van der Waals surface area contributed by atoms with Gasteiger partial charge in [0.1, 0.15) is 0 Å². The van der Waals surface area contributed by atoms with Crippen molar-refractivity contribution in [2.75, 3.05) is 17.8 Å². The molecular weight excluding hydrogens is 530 g/mol. The number of carbonyl (C=O) groups is 2. The minimum Gasteiger partial charge on any atom is -0.479 e. The van der Waals surface area contributed by atoms with E-state index in [2.05, 4.69) is 27.1 Å². The van der Waals surface area contributed by atoms with E-state index in [1.54, 1.807) is 11.9 Å². The van der Waals surface area contributed by atoms with Gasteiger partial charge >= 0.3 is 5.97 Å². The van der Waals surface area contributed by atoms with E-state index in [0.29, 0.717) is 5.56 Å². The summed E-state index contributed by atoms with van der Waals surface area (Å²) in [6, 6.07) is 16.1. The first-order valence-corrected chi connectivity index (χ1v) is 14.1. The molecule has 0 spiro atoms. The first-order chi connectivity index (χ1) is 18.2. The fourth-order valence-corrected chi connectivity index (χ4v) is 5.88. The number of carboxylic acid groups (broad SMARTS) is 1. The van der Waals surface area contributed by atoms with Crippen molar-refractivity contribution in [3.63, 3.8) is 0 Å². The van der Waals surface area contributed by atoms with Crippen molar-refractivity contribution in [2.45, 2.75) is 64.4 Å². The highest BCUT2D eigenvalue weighted by Crippen LogP contribution is 2.33. The molecule has 1 saturated heterocycles. The molecule has 1 amide bonds. The van der Waals surface area contributed by atoms with Crippen molar-refractivity contribution in [3.05, 3.63) is 81.4 Å². The second kappa shape index (κ2) is 10.9. The normalized spacial score (nSPS) is 15.0. The predicted molar refractivity (Wildman–Crippen MR) is 161 cm³/mol. The molecule has 1 aliphatic rings. The number of anilines is 1. The van der Waals surface area contributed by atoms with Crippen LogP contribution < -0.4 is 10.0 Å². The van der Waals surface area contributed by atoms with E-state index < -0.39 is 11.5 Å². The number of aliphatic carboxylic acids is 1. The number of amides is 1. The molecule has 4 rings (SSSR count). The average Bonchev–Trinajstić information content (AvgIpc) is 2.81. The third-order valence-corrected chi connectivity index (χ3v) is 8.73. The monoisotopic (exact) mass is 565 g/mol. The van der Waals surface area contributed by atoms with Gasteiger partial charge < -0.3 is 15.1 Å². The maximum Gasteiger partial charge on any atom is 0.332 e. The Bertz CT molecular complexity index is 1420. The van der Waals surface area contributed by atoms with E-state index in [1.165, 1.54) is 0 Å². The summed E-state index contributed by atoms with van der Waals surface area (Å²) in [4.78, 5) is 28.6. The van der Waals surface area contributed by atoms with Crippen LogP contribution in [0.2, 0.25) is 5.02 Å². The lowest BCUT2D eigenvalue weighted by molar-refractivity contribution is -0.155. The molecule has 1 fully saturated rings. The zero-order valence-electron chi connectivity index (χ0n) is 23.5. The molecule has 6 nitrogen and oxygen atoms in total. The molecule has 1 aliphatic heterocycles. The minimum absolute atomic E-state index is 0.161. The van der Waals surface area contributed by atoms with E-state index >= 15 is 0 Å². The van der Waals surface area contributed by atoms with Gasteiger partial charge in [-0.3, -0.25) is 9.69 Å². The van der Waals surface area contributed by atoms with Crippen LogP contribution in [0, 0.1) is 27.7 Å². The number of rotatable bonds is 7. The molecule has 0 aliphatic carbocycles. The summed E-state index contributed by atoms with van der Waals surface area (Å²) >= 11 is 7.79. The van der Waals surface area contributed by atoms with E-state index in [0.717, 1.165) is 49.0 Å². The zero-order chi connectivity index (χ0) is 28.7. The Balaban J connectivity index is 1.52. The van der Waals surface area contributed by atoms with E-state index in [9.17, 15) is 14.7 Å². The number of carbonyl (C=O) groups excluding carboxylic acids is 1. The van der Waals surface area contributed by atoms with Gasteiger partial charge in [-0.25, -0.2) is 4.79 Å². The molecule has 0 unspecified atom stereocenters. The van der Waals surface area contributed by atoms with E-state index in [4.69, 9.17) is 11.6 Å². The zero-order valence-corrected chi connectivity index (χ0v) is 25.1. The predicted octanol–water partition coefficient (Wildman–Crippen LogP) is 7.03. The number of hydrogen-bond acceptors (Lipinski definition) is 5. The van der Waals surface area contributed by atoms with Crippen LogP contribution in [-0.4, -0.2) is 46.1 Å². The molecule has 3 aromatic rings. The summed E-state index contributed by atoms with van der Waals surface area (Å²) in [5, 5.41) is 13.5. The quantitative estimate of drug-likeness (QED) is 0.267. The van der Waals surface area contributed by atoms with Gasteiger partial charge in [0.2, 0.25) is 0 Å². The standard InChI is InChI=1S/C31H36ClN3O3S/c1-18-14-26(19(2)13-25(18)32)39-34-24-10-8-9-22(15-24)23-11-20(3)27(21(4)12-23)28(36)33-31(29(37)38)16-35(17-31)30(5,6)7/h8-15,34H,16-17H2,1-7H3,(H,33,36)(H,37,38). The number of likely N-dealkylation sites (tertiary alicyclic amines) is 1. The Kier molecular flexibility index (Phi) is 8.08. The van der Waals surface area contributed by atoms with Gasteiger partial charge in [0, 0.05) is 39.8 Å². The van der Waals surface area contributed by atoms with Gasteiger partial charge in [0.05, 0.1) is 0 Å². The molecule has 0 atom stereocenters. The van der Waals surface area contributed by atoms with Gasteiger partial charge in [-0.1, -0.05) is 35.9 Å².